The Morgan fingerprint density at radius 2 is 1.71 bits per heavy atom. The summed E-state index contributed by atoms with van der Waals surface area (Å²) in [5.41, 5.74) is 3.82. The summed E-state index contributed by atoms with van der Waals surface area (Å²) < 4.78 is 2.14. The predicted molar refractivity (Wildman–Crippen MR) is 83.6 cm³/mol. The van der Waals surface area contributed by atoms with Gasteiger partial charge in [-0.1, -0.05) is 0 Å². The molecule has 3 rings (SSSR count). The number of aromatic nitrogens is 3. The molecule has 5 heteroatoms. The SMILES string of the molecule is Cc1cc(CN2CCN(C)CC2)c(C)n1-c1ncccn1. The molecule has 2 aromatic heterocycles. The lowest BCUT2D eigenvalue weighted by Crippen LogP contribution is -2.43. The first-order valence-corrected chi connectivity index (χ1v) is 7.51. The summed E-state index contributed by atoms with van der Waals surface area (Å²) in [4.78, 5) is 13.7. The molecule has 1 aliphatic rings. The number of hydrogen-bond donors (Lipinski definition) is 0. The number of likely N-dealkylation sites (N-methyl/N-ethyl adjacent to an activating group) is 1. The topological polar surface area (TPSA) is 37.2 Å². The highest BCUT2D eigenvalue weighted by Crippen LogP contribution is 2.20. The van der Waals surface area contributed by atoms with Crippen LogP contribution in [0.1, 0.15) is 17.0 Å². The summed E-state index contributed by atoms with van der Waals surface area (Å²) in [6, 6.07) is 4.12. The first kappa shape index (κ1) is 14.2. The minimum Gasteiger partial charge on any atom is -0.304 e. The van der Waals surface area contributed by atoms with Crippen molar-refractivity contribution >= 4 is 0 Å². The Hall–Kier alpha value is -1.72. The van der Waals surface area contributed by atoms with Crippen molar-refractivity contribution < 1.29 is 0 Å². The molecule has 0 saturated carbocycles. The van der Waals surface area contributed by atoms with Gasteiger partial charge >= 0.3 is 0 Å². The maximum absolute atomic E-state index is 4.37. The van der Waals surface area contributed by atoms with Gasteiger partial charge in [-0.25, -0.2) is 9.97 Å². The van der Waals surface area contributed by atoms with Crippen LogP contribution >= 0.6 is 0 Å². The second kappa shape index (κ2) is 5.95. The van der Waals surface area contributed by atoms with Crippen LogP contribution in [0.15, 0.2) is 24.5 Å². The Bertz CT molecular complexity index is 597. The molecule has 1 aliphatic heterocycles. The van der Waals surface area contributed by atoms with Gasteiger partial charge in [-0.3, -0.25) is 9.47 Å². The second-order valence-electron chi connectivity index (χ2n) is 5.86. The van der Waals surface area contributed by atoms with E-state index in [-0.39, 0.29) is 0 Å². The largest absolute Gasteiger partial charge is 0.304 e. The van der Waals surface area contributed by atoms with E-state index in [0.29, 0.717) is 0 Å². The van der Waals surface area contributed by atoms with Crippen LogP contribution < -0.4 is 0 Å². The van der Waals surface area contributed by atoms with E-state index in [2.05, 4.69) is 51.3 Å². The molecule has 112 valence electrons. The van der Waals surface area contributed by atoms with Crippen molar-refractivity contribution in [3.63, 3.8) is 0 Å². The maximum Gasteiger partial charge on any atom is 0.233 e. The Morgan fingerprint density at radius 1 is 1.05 bits per heavy atom. The van der Waals surface area contributed by atoms with Gasteiger partial charge < -0.3 is 4.90 Å². The van der Waals surface area contributed by atoms with Gasteiger partial charge in [0.05, 0.1) is 0 Å². The van der Waals surface area contributed by atoms with Gasteiger partial charge in [-0.2, -0.15) is 0 Å². The van der Waals surface area contributed by atoms with Gasteiger partial charge in [0.2, 0.25) is 5.95 Å². The lowest BCUT2D eigenvalue weighted by molar-refractivity contribution is 0.148. The second-order valence-corrected chi connectivity index (χ2v) is 5.86. The van der Waals surface area contributed by atoms with Crippen LogP contribution in [0.2, 0.25) is 0 Å². The number of nitrogens with zero attached hydrogens (tertiary/aromatic N) is 5. The van der Waals surface area contributed by atoms with E-state index in [4.69, 9.17) is 0 Å². The molecule has 3 heterocycles. The average molecular weight is 285 g/mol. The zero-order valence-corrected chi connectivity index (χ0v) is 13.1. The molecule has 0 N–H and O–H groups in total. The average Bonchev–Trinajstić information content (AvgIpc) is 2.77. The van der Waals surface area contributed by atoms with E-state index >= 15 is 0 Å². The Kier molecular flexibility index (Phi) is 4.03. The Balaban J connectivity index is 1.82. The fourth-order valence-electron chi connectivity index (χ4n) is 2.95. The van der Waals surface area contributed by atoms with Crippen molar-refractivity contribution in [2.75, 3.05) is 33.2 Å². The van der Waals surface area contributed by atoms with E-state index in [1.54, 1.807) is 12.4 Å². The van der Waals surface area contributed by atoms with Crippen LogP contribution in [0.5, 0.6) is 0 Å². The minimum absolute atomic E-state index is 0.761. The normalized spacial score (nSPS) is 17.3. The van der Waals surface area contributed by atoms with Crippen LogP contribution in [-0.2, 0) is 6.54 Å². The molecule has 0 unspecified atom stereocenters. The standard InChI is InChI=1S/C16H23N5/c1-13-11-15(12-20-9-7-19(3)8-10-20)14(2)21(13)16-17-5-4-6-18-16/h4-6,11H,7-10,12H2,1-3H3. The zero-order valence-electron chi connectivity index (χ0n) is 13.1. The van der Waals surface area contributed by atoms with E-state index in [0.717, 1.165) is 38.7 Å². The van der Waals surface area contributed by atoms with Crippen LogP contribution in [0, 0.1) is 13.8 Å². The predicted octanol–water partition coefficient (Wildman–Crippen LogP) is 1.63. The van der Waals surface area contributed by atoms with E-state index < -0.39 is 0 Å². The summed E-state index contributed by atoms with van der Waals surface area (Å²) in [5.74, 6) is 0.761. The lowest BCUT2D eigenvalue weighted by Gasteiger charge is -2.32. The molecule has 0 aromatic carbocycles. The lowest BCUT2D eigenvalue weighted by atomic mass is 10.2. The van der Waals surface area contributed by atoms with Crippen molar-refractivity contribution in [1.82, 2.24) is 24.3 Å². The number of rotatable bonds is 3. The third-order valence-electron chi connectivity index (χ3n) is 4.28. The number of hydrogen-bond acceptors (Lipinski definition) is 4. The highest BCUT2D eigenvalue weighted by atomic mass is 15.2. The molecule has 0 aliphatic carbocycles. The smallest absolute Gasteiger partial charge is 0.233 e. The maximum atomic E-state index is 4.37. The van der Waals surface area contributed by atoms with Crippen LogP contribution in [-0.4, -0.2) is 57.6 Å². The van der Waals surface area contributed by atoms with E-state index in [9.17, 15) is 0 Å². The fourth-order valence-corrected chi connectivity index (χ4v) is 2.95. The van der Waals surface area contributed by atoms with Gasteiger partial charge in [0.1, 0.15) is 0 Å². The van der Waals surface area contributed by atoms with Crippen molar-refractivity contribution in [3.05, 3.63) is 41.5 Å². The number of piperazine rings is 1. The summed E-state index contributed by atoms with van der Waals surface area (Å²) >= 11 is 0. The van der Waals surface area contributed by atoms with Gasteiger partial charge in [0.15, 0.2) is 0 Å². The summed E-state index contributed by atoms with van der Waals surface area (Å²) in [7, 11) is 2.19. The molecule has 0 bridgehead atoms. The first-order chi connectivity index (χ1) is 10.1. The summed E-state index contributed by atoms with van der Waals surface area (Å²) in [6.45, 7) is 9.89. The van der Waals surface area contributed by atoms with Crippen LogP contribution in [0.25, 0.3) is 5.95 Å². The molecule has 0 spiro atoms. The molecule has 1 saturated heterocycles. The van der Waals surface area contributed by atoms with E-state index in [1.165, 1.54) is 17.0 Å². The summed E-state index contributed by atoms with van der Waals surface area (Å²) in [5, 5.41) is 0. The van der Waals surface area contributed by atoms with Crippen LogP contribution in [0.3, 0.4) is 0 Å². The first-order valence-electron chi connectivity index (χ1n) is 7.51. The monoisotopic (exact) mass is 285 g/mol. The van der Waals surface area contributed by atoms with Crippen molar-refractivity contribution in [1.29, 1.82) is 0 Å². The third-order valence-corrected chi connectivity index (χ3v) is 4.28. The van der Waals surface area contributed by atoms with Gasteiger partial charge in [-0.15, -0.1) is 0 Å². The molecule has 0 atom stereocenters. The molecule has 0 radical (unpaired) electrons. The highest BCUT2D eigenvalue weighted by molar-refractivity contribution is 5.33. The quantitative estimate of drug-likeness (QED) is 0.859. The summed E-state index contributed by atoms with van der Waals surface area (Å²) in [6.07, 6.45) is 3.59. The van der Waals surface area contributed by atoms with Gasteiger partial charge in [0, 0.05) is 56.5 Å². The Labute approximate surface area is 126 Å². The van der Waals surface area contributed by atoms with Gasteiger partial charge in [0.25, 0.3) is 0 Å². The molecular formula is C16H23N5. The highest BCUT2D eigenvalue weighted by Gasteiger charge is 2.18. The minimum atomic E-state index is 0.761. The molecule has 0 amide bonds. The van der Waals surface area contributed by atoms with Crippen molar-refractivity contribution in [2.45, 2.75) is 20.4 Å². The molecule has 21 heavy (non-hydrogen) atoms. The molecule has 1 fully saturated rings. The molecular weight excluding hydrogens is 262 g/mol. The van der Waals surface area contributed by atoms with Crippen LogP contribution in [0.4, 0.5) is 0 Å². The Morgan fingerprint density at radius 3 is 2.38 bits per heavy atom. The van der Waals surface area contributed by atoms with Crippen molar-refractivity contribution in [3.8, 4) is 5.95 Å². The zero-order chi connectivity index (χ0) is 14.8. The van der Waals surface area contributed by atoms with E-state index in [1.807, 2.05) is 6.07 Å². The fraction of sp³-hybridized carbons (Fsp3) is 0.500. The molecule has 5 nitrogen and oxygen atoms in total. The molecule has 2 aromatic rings. The number of aryl methyl sites for hydroxylation is 1. The third kappa shape index (κ3) is 2.99. The van der Waals surface area contributed by atoms with Crippen molar-refractivity contribution in [2.24, 2.45) is 0 Å². The van der Waals surface area contributed by atoms with Gasteiger partial charge in [-0.05, 0) is 38.6 Å².